The second-order valence-electron chi connectivity index (χ2n) is 4.30. The van der Waals surface area contributed by atoms with E-state index in [1.165, 1.54) is 11.5 Å². The number of hydrogen-bond acceptors (Lipinski definition) is 5. The van der Waals surface area contributed by atoms with Crippen LogP contribution in [0.2, 0.25) is 0 Å². The predicted molar refractivity (Wildman–Crippen MR) is 63.4 cm³/mol. The summed E-state index contributed by atoms with van der Waals surface area (Å²) in [7, 11) is 0. The van der Waals surface area contributed by atoms with Crippen molar-refractivity contribution in [2.75, 3.05) is 0 Å². The highest BCUT2D eigenvalue weighted by molar-refractivity contribution is 7.09. The van der Waals surface area contributed by atoms with Gasteiger partial charge in [0.1, 0.15) is 11.2 Å². The molecule has 0 radical (unpaired) electrons. The lowest BCUT2D eigenvalue weighted by atomic mass is 10.1. The maximum atomic E-state index is 4.17. The predicted octanol–water partition coefficient (Wildman–Crippen LogP) is 2.50. The summed E-state index contributed by atoms with van der Waals surface area (Å²) in [5.41, 5.74) is 1.000. The van der Waals surface area contributed by atoms with E-state index in [2.05, 4.69) is 47.5 Å². The Labute approximate surface area is 98.7 Å². The summed E-state index contributed by atoms with van der Waals surface area (Å²) in [6.07, 6.45) is 1.75. The average molecular weight is 237 g/mol. The Hall–Kier alpha value is -1.30. The Morgan fingerprint density at radius 1 is 1.19 bits per heavy atom. The van der Waals surface area contributed by atoms with Gasteiger partial charge < -0.3 is 4.57 Å². The first-order valence-corrected chi connectivity index (χ1v) is 6.10. The van der Waals surface area contributed by atoms with E-state index in [4.69, 9.17) is 0 Å². The summed E-state index contributed by atoms with van der Waals surface area (Å²) in [6.45, 7) is 8.43. The van der Waals surface area contributed by atoms with Crippen LogP contribution in [-0.2, 0) is 0 Å². The van der Waals surface area contributed by atoms with E-state index >= 15 is 0 Å². The normalized spacial score (nSPS) is 11.6. The van der Waals surface area contributed by atoms with Gasteiger partial charge >= 0.3 is 0 Å². The van der Waals surface area contributed by atoms with Crippen LogP contribution in [0, 0.1) is 0 Å². The molecule has 0 aliphatic heterocycles. The van der Waals surface area contributed by atoms with Crippen LogP contribution in [0.1, 0.15) is 45.3 Å². The van der Waals surface area contributed by atoms with Crippen LogP contribution < -0.4 is 0 Å². The minimum absolute atomic E-state index is 0.340. The van der Waals surface area contributed by atoms with Gasteiger partial charge in [0.25, 0.3) is 0 Å². The maximum absolute atomic E-state index is 4.17. The molecular formula is C10H15N5S. The molecule has 0 N–H and O–H groups in total. The fraction of sp³-hybridized carbons (Fsp3) is 0.600. The second-order valence-corrected chi connectivity index (χ2v) is 5.05. The van der Waals surface area contributed by atoms with E-state index in [1.54, 1.807) is 6.33 Å². The Bertz CT molecular complexity index is 427. The first kappa shape index (κ1) is 11.2. The van der Waals surface area contributed by atoms with Crippen LogP contribution in [0.4, 0.5) is 0 Å². The highest BCUT2D eigenvalue weighted by atomic mass is 32.1. The van der Waals surface area contributed by atoms with Gasteiger partial charge in [0, 0.05) is 6.04 Å². The maximum Gasteiger partial charge on any atom is 0.177 e. The van der Waals surface area contributed by atoms with Gasteiger partial charge in [0.2, 0.25) is 0 Å². The lowest BCUT2D eigenvalue weighted by Crippen LogP contribution is -2.02. The van der Waals surface area contributed by atoms with Crippen LogP contribution in [0.5, 0.6) is 0 Å². The van der Waals surface area contributed by atoms with E-state index in [0.717, 1.165) is 16.4 Å². The zero-order valence-corrected chi connectivity index (χ0v) is 10.7. The average Bonchev–Trinajstić information content (AvgIpc) is 2.85. The van der Waals surface area contributed by atoms with Gasteiger partial charge in [-0.05, 0) is 31.3 Å². The number of nitrogens with zero attached hydrogens (tertiary/aromatic N) is 5. The number of aromatic nitrogens is 5. The molecule has 0 atom stereocenters. The van der Waals surface area contributed by atoms with Gasteiger partial charge in [0.15, 0.2) is 5.82 Å². The number of rotatable bonds is 3. The first-order valence-electron chi connectivity index (χ1n) is 5.33. The highest BCUT2D eigenvalue weighted by Gasteiger charge is 2.19. The van der Waals surface area contributed by atoms with E-state index in [-0.39, 0.29) is 0 Å². The first-order chi connectivity index (χ1) is 7.61. The molecule has 2 rings (SSSR count). The summed E-state index contributed by atoms with van der Waals surface area (Å²) in [4.78, 5) is 1.03. The zero-order chi connectivity index (χ0) is 11.7. The van der Waals surface area contributed by atoms with E-state index in [9.17, 15) is 0 Å². The van der Waals surface area contributed by atoms with Gasteiger partial charge in [-0.3, -0.25) is 0 Å². The number of hydrogen-bond donors (Lipinski definition) is 0. The zero-order valence-electron chi connectivity index (χ0n) is 9.88. The van der Waals surface area contributed by atoms with Crippen LogP contribution in [0.25, 0.3) is 10.7 Å². The van der Waals surface area contributed by atoms with Gasteiger partial charge in [-0.15, -0.1) is 15.3 Å². The van der Waals surface area contributed by atoms with Crippen molar-refractivity contribution in [3.8, 4) is 10.7 Å². The molecule has 6 heteroatoms. The molecule has 2 aromatic heterocycles. The molecular weight excluding hydrogens is 222 g/mol. The van der Waals surface area contributed by atoms with Crippen molar-refractivity contribution in [1.82, 2.24) is 24.4 Å². The molecule has 2 heterocycles. The van der Waals surface area contributed by atoms with Crippen molar-refractivity contribution in [3.05, 3.63) is 12.0 Å². The summed E-state index contributed by atoms with van der Waals surface area (Å²) < 4.78 is 6.05. The standard InChI is InChI=1S/C10H15N5S/c1-6(2)8-9(16-14-12-8)10-13-11-5-15(10)7(3)4/h5-7H,1-4H3. The summed E-state index contributed by atoms with van der Waals surface area (Å²) >= 11 is 1.38. The van der Waals surface area contributed by atoms with Crippen LogP contribution >= 0.6 is 11.5 Å². The molecule has 16 heavy (non-hydrogen) atoms. The second kappa shape index (κ2) is 4.29. The smallest absolute Gasteiger partial charge is 0.177 e. The molecule has 0 bridgehead atoms. The Morgan fingerprint density at radius 3 is 2.56 bits per heavy atom. The quantitative estimate of drug-likeness (QED) is 0.823. The monoisotopic (exact) mass is 237 g/mol. The minimum atomic E-state index is 0.340. The molecule has 0 aliphatic rings. The molecule has 0 amide bonds. The van der Waals surface area contributed by atoms with Crippen LogP contribution in [-0.4, -0.2) is 24.4 Å². The minimum Gasteiger partial charge on any atom is -0.310 e. The molecule has 86 valence electrons. The Balaban J connectivity index is 2.50. The SMILES string of the molecule is CC(C)c1nnsc1-c1nncn1C(C)C. The molecule has 5 nitrogen and oxygen atoms in total. The van der Waals surface area contributed by atoms with Gasteiger partial charge in [0.05, 0.1) is 5.69 Å². The van der Waals surface area contributed by atoms with Crippen molar-refractivity contribution in [2.24, 2.45) is 0 Å². The lowest BCUT2D eigenvalue weighted by Gasteiger charge is -2.09. The molecule has 0 aromatic carbocycles. The van der Waals surface area contributed by atoms with Crippen molar-refractivity contribution >= 4 is 11.5 Å². The van der Waals surface area contributed by atoms with Gasteiger partial charge in [-0.1, -0.05) is 18.3 Å². The van der Waals surface area contributed by atoms with E-state index in [0.29, 0.717) is 12.0 Å². The van der Waals surface area contributed by atoms with Gasteiger partial charge in [-0.2, -0.15) is 0 Å². The summed E-state index contributed by atoms with van der Waals surface area (Å²) in [5, 5.41) is 12.3. The summed E-state index contributed by atoms with van der Waals surface area (Å²) in [6, 6.07) is 0.340. The van der Waals surface area contributed by atoms with E-state index < -0.39 is 0 Å². The topological polar surface area (TPSA) is 56.5 Å². The highest BCUT2D eigenvalue weighted by Crippen LogP contribution is 2.30. The fourth-order valence-electron chi connectivity index (χ4n) is 1.51. The third-order valence-corrected chi connectivity index (χ3v) is 3.13. The van der Waals surface area contributed by atoms with Crippen molar-refractivity contribution in [3.63, 3.8) is 0 Å². The van der Waals surface area contributed by atoms with E-state index in [1.807, 2.05) is 4.57 Å². The van der Waals surface area contributed by atoms with Crippen LogP contribution in [0.3, 0.4) is 0 Å². The Morgan fingerprint density at radius 2 is 1.94 bits per heavy atom. The van der Waals surface area contributed by atoms with Crippen molar-refractivity contribution in [2.45, 2.75) is 39.7 Å². The van der Waals surface area contributed by atoms with Crippen molar-refractivity contribution < 1.29 is 0 Å². The Kier molecular flexibility index (Phi) is 3.00. The molecule has 2 aromatic rings. The molecule has 0 saturated heterocycles. The largest absolute Gasteiger partial charge is 0.310 e. The van der Waals surface area contributed by atoms with Crippen LogP contribution in [0.15, 0.2) is 6.33 Å². The van der Waals surface area contributed by atoms with Gasteiger partial charge in [-0.25, -0.2) is 0 Å². The van der Waals surface area contributed by atoms with Crippen molar-refractivity contribution in [1.29, 1.82) is 0 Å². The fourth-order valence-corrected chi connectivity index (χ4v) is 2.32. The third kappa shape index (κ3) is 1.84. The molecule has 0 saturated carbocycles. The lowest BCUT2D eigenvalue weighted by molar-refractivity contribution is 0.604. The summed E-state index contributed by atoms with van der Waals surface area (Å²) in [5.74, 6) is 1.22. The molecule has 0 spiro atoms. The molecule has 0 unspecified atom stereocenters. The molecule has 0 fully saturated rings. The molecule has 0 aliphatic carbocycles. The third-order valence-electron chi connectivity index (χ3n) is 2.39.